The Morgan fingerprint density at radius 2 is 1.89 bits per heavy atom. The first kappa shape index (κ1) is 16.4. The van der Waals surface area contributed by atoms with Gasteiger partial charge in [0.15, 0.2) is 0 Å². The molecule has 0 aliphatic rings. The molecule has 2 N–H and O–H groups in total. The standard InChI is InChI=1S/C16H28N2S/c1-5-14(17)11-13-9-7-8-10-16(13)18(3)15(6-2)12-19-4/h7-10,14-15H,5-6,11-12,17H2,1-4H3. The highest BCUT2D eigenvalue weighted by atomic mass is 32.2. The average Bonchev–Trinajstić information content (AvgIpc) is 2.44. The molecule has 0 fully saturated rings. The van der Waals surface area contributed by atoms with E-state index in [1.807, 2.05) is 11.8 Å². The third kappa shape index (κ3) is 4.73. The molecule has 0 aliphatic carbocycles. The predicted octanol–water partition coefficient (Wildman–Crippen LogP) is 3.54. The van der Waals surface area contributed by atoms with E-state index in [4.69, 9.17) is 5.73 Å². The van der Waals surface area contributed by atoms with Gasteiger partial charge in [0.25, 0.3) is 0 Å². The zero-order valence-corrected chi connectivity index (χ0v) is 13.5. The van der Waals surface area contributed by atoms with Crippen molar-refractivity contribution in [1.29, 1.82) is 0 Å². The molecular formula is C16H28N2S. The van der Waals surface area contributed by atoms with Crippen LogP contribution >= 0.6 is 11.8 Å². The number of para-hydroxylation sites is 1. The third-order valence-corrected chi connectivity index (χ3v) is 4.47. The summed E-state index contributed by atoms with van der Waals surface area (Å²) in [6.45, 7) is 4.41. The summed E-state index contributed by atoms with van der Waals surface area (Å²) >= 11 is 1.92. The van der Waals surface area contributed by atoms with E-state index in [0.717, 1.165) is 12.8 Å². The van der Waals surface area contributed by atoms with Gasteiger partial charge >= 0.3 is 0 Å². The van der Waals surface area contributed by atoms with E-state index in [2.05, 4.69) is 56.3 Å². The van der Waals surface area contributed by atoms with E-state index in [1.54, 1.807) is 0 Å². The van der Waals surface area contributed by atoms with Crippen LogP contribution in [0.2, 0.25) is 0 Å². The minimum absolute atomic E-state index is 0.259. The van der Waals surface area contributed by atoms with Gasteiger partial charge in [-0.1, -0.05) is 32.0 Å². The molecule has 2 unspecified atom stereocenters. The Kier molecular flexibility index (Phi) is 7.32. The molecular weight excluding hydrogens is 252 g/mol. The number of hydrogen-bond donors (Lipinski definition) is 1. The minimum atomic E-state index is 0.259. The molecule has 0 heterocycles. The molecule has 0 saturated carbocycles. The quantitative estimate of drug-likeness (QED) is 0.789. The smallest absolute Gasteiger partial charge is 0.0399 e. The van der Waals surface area contributed by atoms with E-state index in [0.29, 0.717) is 6.04 Å². The zero-order valence-electron chi connectivity index (χ0n) is 12.7. The SMILES string of the molecule is CCC(N)Cc1ccccc1N(C)C(CC)CSC. The first-order valence-corrected chi connectivity index (χ1v) is 8.58. The first-order chi connectivity index (χ1) is 9.13. The van der Waals surface area contributed by atoms with Gasteiger partial charge in [0, 0.05) is 30.6 Å². The summed E-state index contributed by atoms with van der Waals surface area (Å²) in [4.78, 5) is 2.42. The summed E-state index contributed by atoms with van der Waals surface area (Å²) in [7, 11) is 2.21. The molecule has 0 spiro atoms. The van der Waals surface area contributed by atoms with Crippen molar-refractivity contribution in [2.45, 2.75) is 45.2 Å². The van der Waals surface area contributed by atoms with E-state index in [1.165, 1.54) is 23.4 Å². The summed E-state index contributed by atoms with van der Waals surface area (Å²) < 4.78 is 0. The highest BCUT2D eigenvalue weighted by molar-refractivity contribution is 7.98. The molecule has 1 aromatic carbocycles. The summed E-state index contributed by atoms with van der Waals surface area (Å²) in [6, 6.07) is 9.53. The first-order valence-electron chi connectivity index (χ1n) is 7.19. The highest BCUT2D eigenvalue weighted by Gasteiger charge is 2.16. The van der Waals surface area contributed by atoms with Gasteiger partial charge in [-0.2, -0.15) is 11.8 Å². The lowest BCUT2D eigenvalue weighted by Gasteiger charge is -2.31. The predicted molar refractivity (Wildman–Crippen MR) is 89.3 cm³/mol. The summed E-state index contributed by atoms with van der Waals surface area (Å²) in [5.41, 5.74) is 8.83. The molecule has 1 aromatic rings. The molecule has 0 amide bonds. The van der Waals surface area contributed by atoms with Crippen LogP contribution < -0.4 is 10.6 Å². The van der Waals surface area contributed by atoms with Crippen LogP contribution in [0.1, 0.15) is 32.3 Å². The molecule has 108 valence electrons. The van der Waals surface area contributed by atoms with Crippen molar-refractivity contribution >= 4 is 17.4 Å². The van der Waals surface area contributed by atoms with Crippen molar-refractivity contribution < 1.29 is 0 Å². The van der Waals surface area contributed by atoms with Crippen LogP contribution in [0.5, 0.6) is 0 Å². The van der Waals surface area contributed by atoms with Crippen molar-refractivity contribution in [2.75, 3.05) is 24.0 Å². The molecule has 0 saturated heterocycles. The van der Waals surface area contributed by atoms with Crippen LogP contribution in [0.3, 0.4) is 0 Å². The molecule has 2 atom stereocenters. The van der Waals surface area contributed by atoms with Crippen LogP contribution in [0, 0.1) is 0 Å². The van der Waals surface area contributed by atoms with Crippen LogP contribution in [0.4, 0.5) is 5.69 Å². The maximum atomic E-state index is 6.12. The van der Waals surface area contributed by atoms with Gasteiger partial charge in [0.2, 0.25) is 0 Å². The highest BCUT2D eigenvalue weighted by Crippen LogP contribution is 2.24. The van der Waals surface area contributed by atoms with Gasteiger partial charge in [-0.15, -0.1) is 0 Å². The van der Waals surface area contributed by atoms with Crippen molar-refractivity contribution in [3.8, 4) is 0 Å². The molecule has 0 bridgehead atoms. The minimum Gasteiger partial charge on any atom is -0.371 e. The largest absolute Gasteiger partial charge is 0.371 e. The Morgan fingerprint density at radius 3 is 2.47 bits per heavy atom. The summed E-state index contributed by atoms with van der Waals surface area (Å²) in [5, 5.41) is 0. The lowest BCUT2D eigenvalue weighted by atomic mass is 10.0. The lowest BCUT2D eigenvalue weighted by Crippen LogP contribution is -2.34. The molecule has 2 nitrogen and oxygen atoms in total. The molecule has 0 aromatic heterocycles. The van der Waals surface area contributed by atoms with Gasteiger partial charge in [-0.3, -0.25) is 0 Å². The van der Waals surface area contributed by atoms with Crippen molar-refractivity contribution in [1.82, 2.24) is 0 Å². The van der Waals surface area contributed by atoms with Crippen molar-refractivity contribution in [3.63, 3.8) is 0 Å². The number of benzene rings is 1. The fourth-order valence-corrected chi connectivity index (χ4v) is 3.19. The molecule has 0 aliphatic heterocycles. The Morgan fingerprint density at radius 1 is 1.21 bits per heavy atom. The van der Waals surface area contributed by atoms with Crippen molar-refractivity contribution in [2.24, 2.45) is 5.73 Å². The number of anilines is 1. The Labute approximate surface area is 122 Å². The second-order valence-corrected chi connectivity index (χ2v) is 6.04. The maximum absolute atomic E-state index is 6.12. The number of thioether (sulfide) groups is 1. The summed E-state index contributed by atoms with van der Waals surface area (Å²) in [5.74, 6) is 1.17. The second-order valence-electron chi connectivity index (χ2n) is 5.13. The summed E-state index contributed by atoms with van der Waals surface area (Å²) in [6.07, 6.45) is 5.34. The fourth-order valence-electron chi connectivity index (χ4n) is 2.35. The van der Waals surface area contributed by atoms with Gasteiger partial charge in [-0.05, 0) is 37.1 Å². The van der Waals surface area contributed by atoms with Gasteiger partial charge in [0.1, 0.15) is 0 Å². The monoisotopic (exact) mass is 280 g/mol. The van der Waals surface area contributed by atoms with Gasteiger partial charge in [0.05, 0.1) is 0 Å². The Balaban J connectivity index is 2.91. The van der Waals surface area contributed by atoms with Gasteiger partial charge in [-0.25, -0.2) is 0 Å². The van der Waals surface area contributed by atoms with Crippen molar-refractivity contribution in [3.05, 3.63) is 29.8 Å². The number of nitrogens with two attached hydrogens (primary N) is 1. The van der Waals surface area contributed by atoms with Crippen LogP contribution in [0.15, 0.2) is 24.3 Å². The van der Waals surface area contributed by atoms with Crippen LogP contribution in [-0.4, -0.2) is 31.1 Å². The molecule has 19 heavy (non-hydrogen) atoms. The molecule has 0 radical (unpaired) electrons. The van der Waals surface area contributed by atoms with Crippen LogP contribution in [-0.2, 0) is 6.42 Å². The lowest BCUT2D eigenvalue weighted by molar-refractivity contribution is 0.635. The van der Waals surface area contributed by atoms with E-state index in [9.17, 15) is 0 Å². The van der Waals surface area contributed by atoms with E-state index in [-0.39, 0.29) is 6.04 Å². The van der Waals surface area contributed by atoms with Gasteiger partial charge < -0.3 is 10.6 Å². The maximum Gasteiger partial charge on any atom is 0.0399 e. The van der Waals surface area contributed by atoms with Crippen LogP contribution in [0.25, 0.3) is 0 Å². The number of nitrogens with zero attached hydrogens (tertiary/aromatic N) is 1. The fraction of sp³-hybridized carbons (Fsp3) is 0.625. The Hall–Kier alpha value is -0.670. The third-order valence-electron chi connectivity index (χ3n) is 3.76. The second kappa shape index (κ2) is 8.49. The number of hydrogen-bond acceptors (Lipinski definition) is 3. The topological polar surface area (TPSA) is 29.3 Å². The normalized spacial score (nSPS) is 14.2. The number of rotatable bonds is 8. The van der Waals surface area contributed by atoms with E-state index >= 15 is 0 Å². The average molecular weight is 280 g/mol. The molecule has 3 heteroatoms. The Bertz CT molecular complexity index is 368. The molecule has 1 rings (SSSR count). The van der Waals surface area contributed by atoms with E-state index < -0.39 is 0 Å². The zero-order chi connectivity index (χ0) is 14.3.